The first-order chi connectivity index (χ1) is 9.60. The molecule has 0 aromatic heterocycles. The monoisotopic (exact) mass is 277 g/mol. The second-order valence-corrected chi connectivity index (χ2v) is 4.01. The summed E-state index contributed by atoms with van der Waals surface area (Å²) in [5.74, 6) is -0.0601. The molecule has 0 aliphatic carbocycles. The third-order valence-corrected chi connectivity index (χ3v) is 2.77. The van der Waals surface area contributed by atoms with E-state index in [-0.39, 0.29) is 24.6 Å². The highest BCUT2D eigenvalue weighted by molar-refractivity contribution is 5.58. The molecule has 0 radical (unpaired) electrons. The van der Waals surface area contributed by atoms with Gasteiger partial charge in [-0.15, -0.1) is 0 Å². The van der Waals surface area contributed by atoms with Crippen molar-refractivity contribution in [1.82, 2.24) is 0 Å². The lowest BCUT2D eigenvalue weighted by atomic mass is 10.1. The highest BCUT2D eigenvalue weighted by Crippen LogP contribution is 2.32. The van der Waals surface area contributed by atoms with Crippen LogP contribution < -0.4 is 4.90 Å². The smallest absolute Gasteiger partial charge is 0.124 e. The van der Waals surface area contributed by atoms with Crippen LogP contribution in [0.3, 0.4) is 0 Å². The van der Waals surface area contributed by atoms with Gasteiger partial charge in [-0.05, 0) is 18.0 Å². The molecule has 0 saturated carbocycles. The first kappa shape index (κ1) is 15.3. The third kappa shape index (κ3) is 4.16. The summed E-state index contributed by atoms with van der Waals surface area (Å²) in [4.78, 5) is 7.08. The molecule has 0 atom stereocenters. The third-order valence-electron chi connectivity index (χ3n) is 2.77. The fourth-order valence-electron chi connectivity index (χ4n) is 1.64. The zero-order chi connectivity index (χ0) is 15.0. The van der Waals surface area contributed by atoms with E-state index >= 15 is 0 Å². The predicted molar refractivity (Wildman–Crippen MR) is 74.7 cm³/mol. The molecule has 0 aliphatic rings. The summed E-state index contributed by atoms with van der Waals surface area (Å²) in [6.45, 7) is 2.81. The lowest BCUT2D eigenvalue weighted by Gasteiger charge is -2.24. The van der Waals surface area contributed by atoms with Gasteiger partial charge in [0.2, 0.25) is 0 Å². The summed E-state index contributed by atoms with van der Waals surface area (Å²) in [7, 11) is 0. The Labute approximate surface area is 115 Å². The molecule has 1 aromatic carbocycles. The number of aromatic hydroxyl groups is 2. The second-order valence-electron chi connectivity index (χ2n) is 4.01. The van der Waals surface area contributed by atoms with Gasteiger partial charge in [-0.1, -0.05) is 10.2 Å². The molecule has 9 heteroatoms. The van der Waals surface area contributed by atoms with Crippen LogP contribution in [0.4, 0.5) is 5.69 Å². The van der Waals surface area contributed by atoms with Crippen LogP contribution in [0.25, 0.3) is 20.9 Å². The molecule has 0 unspecified atom stereocenters. The summed E-state index contributed by atoms with van der Waals surface area (Å²) in [5, 5.41) is 26.3. The Kier molecular flexibility index (Phi) is 5.83. The van der Waals surface area contributed by atoms with Crippen LogP contribution in [0.1, 0.15) is 5.56 Å². The maximum absolute atomic E-state index is 9.72. The average molecular weight is 277 g/mol. The molecule has 1 rings (SSSR count). The molecule has 0 heterocycles. The maximum atomic E-state index is 9.72. The number of azide groups is 2. The van der Waals surface area contributed by atoms with Crippen LogP contribution in [0.2, 0.25) is 0 Å². The van der Waals surface area contributed by atoms with Gasteiger partial charge in [0, 0.05) is 59.4 Å². The average Bonchev–Trinajstić information content (AvgIpc) is 2.43. The van der Waals surface area contributed by atoms with Crippen molar-refractivity contribution in [2.75, 3.05) is 31.1 Å². The van der Waals surface area contributed by atoms with Gasteiger partial charge in [0.05, 0.1) is 0 Å². The highest BCUT2D eigenvalue weighted by Gasteiger charge is 2.11. The second kappa shape index (κ2) is 7.63. The Bertz CT molecular complexity index is 517. The molecule has 20 heavy (non-hydrogen) atoms. The summed E-state index contributed by atoms with van der Waals surface area (Å²) < 4.78 is 0. The predicted octanol–water partition coefficient (Wildman–Crippen LogP) is 2.83. The minimum Gasteiger partial charge on any atom is -0.507 e. The van der Waals surface area contributed by atoms with E-state index in [1.807, 2.05) is 0 Å². The quantitative estimate of drug-likeness (QED) is 0.449. The van der Waals surface area contributed by atoms with Crippen LogP contribution in [-0.4, -0.2) is 36.4 Å². The fourth-order valence-corrected chi connectivity index (χ4v) is 1.64. The molecule has 0 fully saturated rings. The SMILES string of the molecule is Cc1c(O)cc(N(CCN=[N+]=[N-])CCN=[N+]=[N-])cc1O. The standard InChI is InChI=1S/C11H15N7O2/c1-8-10(19)6-9(7-11(8)20)18(4-2-14-16-12)5-3-15-17-13/h6-7,19-20H,2-5H2,1H3. The lowest BCUT2D eigenvalue weighted by molar-refractivity contribution is 0.443. The van der Waals surface area contributed by atoms with Crippen LogP contribution >= 0.6 is 0 Å². The van der Waals surface area contributed by atoms with Crippen LogP contribution in [0.15, 0.2) is 22.4 Å². The van der Waals surface area contributed by atoms with Crippen LogP contribution in [-0.2, 0) is 0 Å². The van der Waals surface area contributed by atoms with Crippen molar-refractivity contribution < 1.29 is 10.2 Å². The lowest BCUT2D eigenvalue weighted by Crippen LogP contribution is -2.28. The Balaban J connectivity index is 2.95. The van der Waals surface area contributed by atoms with Crippen molar-refractivity contribution in [1.29, 1.82) is 0 Å². The Morgan fingerprint density at radius 1 is 1.05 bits per heavy atom. The largest absolute Gasteiger partial charge is 0.507 e. The van der Waals surface area contributed by atoms with E-state index < -0.39 is 0 Å². The minimum atomic E-state index is -0.0300. The van der Waals surface area contributed by atoms with Crippen molar-refractivity contribution in [3.8, 4) is 11.5 Å². The van der Waals surface area contributed by atoms with Crippen molar-refractivity contribution in [3.05, 3.63) is 38.6 Å². The maximum Gasteiger partial charge on any atom is 0.124 e. The topological polar surface area (TPSA) is 141 Å². The number of phenolic OH excluding ortho intramolecular Hbond substituents is 2. The van der Waals surface area contributed by atoms with Gasteiger partial charge in [-0.3, -0.25) is 0 Å². The number of rotatable bonds is 7. The molecule has 0 bridgehead atoms. The van der Waals surface area contributed by atoms with E-state index in [0.29, 0.717) is 24.3 Å². The Hall–Kier alpha value is -2.76. The normalized spacial score (nSPS) is 9.45. The Morgan fingerprint density at radius 2 is 1.50 bits per heavy atom. The fraction of sp³-hybridized carbons (Fsp3) is 0.455. The minimum absolute atomic E-state index is 0.0300. The molecule has 0 spiro atoms. The van der Waals surface area contributed by atoms with Crippen molar-refractivity contribution in [2.45, 2.75) is 6.92 Å². The number of nitrogens with zero attached hydrogens (tertiary/aromatic N) is 7. The van der Waals surface area contributed by atoms with Gasteiger partial charge >= 0.3 is 0 Å². The highest BCUT2D eigenvalue weighted by atomic mass is 16.3. The molecule has 0 saturated heterocycles. The van der Waals surface area contributed by atoms with Gasteiger partial charge in [-0.25, -0.2) is 0 Å². The van der Waals surface area contributed by atoms with E-state index in [2.05, 4.69) is 20.1 Å². The molecule has 106 valence electrons. The molecule has 9 nitrogen and oxygen atoms in total. The summed E-state index contributed by atoms with van der Waals surface area (Å²) in [5.41, 5.74) is 17.5. The molecule has 0 amide bonds. The number of hydrogen-bond donors (Lipinski definition) is 2. The van der Waals surface area contributed by atoms with E-state index in [4.69, 9.17) is 11.1 Å². The number of anilines is 1. The van der Waals surface area contributed by atoms with Crippen molar-refractivity contribution in [2.24, 2.45) is 10.2 Å². The zero-order valence-corrected chi connectivity index (χ0v) is 11.0. The number of hydrogen-bond acceptors (Lipinski definition) is 5. The first-order valence-corrected chi connectivity index (χ1v) is 5.89. The van der Waals surface area contributed by atoms with Crippen molar-refractivity contribution in [3.63, 3.8) is 0 Å². The zero-order valence-electron chi connectivity index (χ0n) is 11.0. The van der Waals surface area contributed by atoms with Gasteiger partial charge < -0.3 is 15.1 Å². The summed E-state index contributed by atoms with van der Waals surface area (Å²) in [6.07, 6.45) is 0. The number of phenols is 2. The molecule has 1 aromatic rings. The van der Waals surface area contributed by atoms with Gasteiger partial charge in [0.15, 0.2) is 0 Å². The van der Waals surface area contributed by atoms with Gasteiger partial charge in [0.25, 0.3) is 0 Å². The van der Waals surface area contributed by atoms with E-state index in [1.165, 1.54) is 12.1 Å². The summed E-state index contributed by atoms with van der Waals surface area (Å²) in [6, 6.07) is 3.00. The van der Waals surface area contributed by atoms with E-state index in [9.17, 15) is 10.2 Å². The van der Waals surface area contributed by atoms with Gasteiger partial charge in [0.1, 0.15) is 11.5 Å². The number of benzene rings is 1. The molecule has 2 N–H and O–H groups in total. The Morgan fingerprint density at radius 3 is 1.90 bits per heavy atom. The molecular formula is C11H15N7O2. The van der Waals surface area contributed by atoms with Gasteiger partial charge in [-0.2, -0.15) is 0 Å². The van der Waals surface area contributed by atoms with E-state index in [0.717, 1.165) is 0 Å². The first-order valence-electron chi connectivity index (χ1n) is 5.89. The molecule has 0 aliphatic heterocycles. The van der Waals surface area contributed by atoms with Crippen molar-refractivity contribution >= 4 is 5.69 Å². The van der Waals surface area contributed by atoms with Crippen LogP contribution in [0, 0.1) is 6.92 Å². The van der Waals surface area contributed by atoms with E-state index in [1.54, 1.807) is 11.8 Å². The summed E-state index contributed by atoms with van der Waals surface area (Å²) >= 11 is 0. The van der Waals surface area contributed by atoms with Crippen LogP contribution in [0.5, 0.6) is 11.5 Å². The molecular weight excluding hydrogens is 262 g/mol.